The maximum atomic E-state index is 11.7. The fourth-order valence-electron chi connectivity index (χ4n) is 1.66. The van der Waals surface area contributed by atoms with Gasteiger partial charge in [-0.25, -0.2) is 0 Å². The topological polar surface area (TPSA) is 66.4 Å². The SMILES string of the molecule is Cc1cc(C)c(NC(=O)CC(C)C(=O)O)cc1C. The molecule has 18 heavy (non-hydrogen) atoms. The second-order valence-corrected chi connectivity index (χ2v) is 4.74. The van der Waals surface area contributed by atoms with Crippen LogP contribution in [0.2, 0.25) is 0 Å². The van der Waals surface area contributed by atoms with Crippen molar-refractivity contribution < 1.29 is 14.7 Å². The molecule has 0 saturated carbocycles. The summed E-state index contributed by atoms with van der Waals surface area (Å²) >= 11 is 0. The molecule has 1 aromatic rings. The van der Waals surface area contributed by atoms with Crippen LogP contribution in [0.15, 0.2) is 12.1 Å². The minimum atomic E-state index is -0.957. The van der Waals surface area contributed by atoms with Gasteiger partial charge in [0.1, 0.15) is 0 Å². The zero-order valence-electron chi connectivity index (χ0n) is 11.2. The summed E-state index contributed by atoms with van der Waals surface area (Å²) in [5.41, 5.74) is 4.00. The normalized spacial score (nSPS) is 12.0. The first kappa shape index (κ1) is 14.2. The highest BCUT2D eigenvalue weighted by atomic mass is 16.4. The molecule has 0 heterocycles. The van der Waals surface area contributed by atoms with Crippen LogP contribution in [0.5, 0.6) is 0 Å². The number of hydrogen-bond acceptors (Lipinski definition) is 2. The number of rotatable bonds is 4. The van der Waals surface area contributed by atoms with E-state index in [1.165, 1.54) is 12.5 Å². The predicted molar refractivity (Wildman–Crippen MR) is 70.7 cm³/mol. The second kappa shape index (κ2) is 5.67. The first-order chi connectivity index (χ1) is 8.31. The molecule has 1 unspecified atom stereocenters. The smallest absolute Gasteiger partial charge is 0.306 e. The highest BCUT2D eigenvalue weighted by Gasteiger charge is 2.16. The summed E-state index contributed by atoms with van der Waals surface area (Å²) in [6, 6.07) is 3.92. The van der Waals surface area contributed by atoms with Crippen LogP contribution in [-0.4, -0.2) is 17.0 Å². The lowest BCUT2D eigenvalue weighted by atomic mass is 10.0. The van der Waals surface area contributed by atoms with Gasteiger partial charge in [-0.3, -0.25) is 9.59 Å². The average Bonchev–Trinajstić information content (AvgIpc) is 2.25. The van der Waals surface area contributed by atoms with Gasteiger partial charge < -0.3 is 10.4 Å². The van der Waals surface area contributed by atoms with Crippen LogP contribution in [0.3, 0.4) is 0 Å². The van der Waals surface area contributed by atoms with Gasteiger partial charge in [-0.15, -0.1) is 0 Å². The number of benzene rings is 1. The van der Waals surface area contributed by atoms with E-state index in [1.807, 2.05) is 32.9 Å². The van der Waals surface area contributed by atoms with Crippen LogP contribution in [-0.2, 0) is 9.59 Å². The van der Waals surface area contributed by atoms with Crippen molar-refractivity contribution in [1.29, 1.82) is 0 Å². The molecule has 2 N–H and O–H groups in total. The summed E-state index contributed by atoms with van der Waals surface area (Å²) in [5.74, 6) is -1.89. The van der Waals surface area contributed by atoms with E-state index in [2.05, 4.69) is 5.32 Å². The fraction of sp³-hybridized carbons (Fsp3) is 0.429. The van der Waals surface area contributed by atoms with E-state index in [4.69, 9.17) is 5.11 Å². The molecule has 1 aromatic carbocycles. The highest BCUT2D eigenvalue weighted by molar-refractivity contribution is 5.93. The van der Waals surface area contributed by atoms with Crippen molar-refractivity contribution in [3.63, 3.8) is 0 Å². The fourth-order valence-corrected chi connectivity index (χ4v) is 1.66. The quantitative estimate of drug-likeness (QED) is 0.862. The summed E-state index contributed by atoms with van der Waals surface area (Å²) in [4.78, 5) is 22.4. The number of carbonyl (C=O) groups is 2. The number of hydrogen-bond donors (Lipinski definition) is 2. The number of anilines is 1. The summed E-state index contributed by atoms with van der Waals surface area (Å²) in [6.07, 6.45) is -0.0122. The molecule has 0 bridgehead atoms. The Bertz CT molecular complexity index is 480. The monoisotopic (exact) mass is 249 g/mol. The van der Waals surface area contributed by atoms with E-state index in [1.54, 1.807) is 0 Å². The van der Waals surface area contributed by atoms with Gasteiger partial charge >= 0.3 is 5.97 Å². The summed E-state index contributed by atoms with van der Waals surface area (Å²) in [5, 5.41) is 11.5. The Hall–Kier alpha value is -1.84. The van der Waals surface area contributed by atoms with Gasteiger partial charge in [0.25, 0.3) is 0 Å². The van der Waals surface area contributed by atoms with Crippen molar-refractivity contribution >= 4 is 17.6 Å². The Morgan fingerprint density at radius 3 is 2.28 bits per heavy atom. The highest BCUT2D eigenvalue weighted by Crippen LogP contribution is 2.20. The molecule has 0 saturated heterocycles. The Kier molecular flexibility index (Phi) is 4.48. The van der Waals surface area contributed by atoms with Crippen molar-refractivity contribution in [2.75, 3.05) is 5.32 Å². The Morgan fingerprint density at radius 1 is 1.17 bits per heavy atom. The summed E-state index contributed by atoms with van der Waals surface area (Å²) < 4.78 is 0. The summed E-state index contributed by atoms with van der Waals surface area (Å²) in [7, 11) is 0. The molecule has 1 atom stereocenters. The number of aliphatic carboxylic acids is 1. The summed E-state index contributed by atoms with van der Waals surface area (Å²) in [6.45, 7) is 7.43. The minimum Gasteiger partial charge on any atom is -0.481 e. The second-order valence-electron chi connectivity index (χ2n) is 4.74. The Balaban J connectivity index is 2.76. The molecular weight excluding hydrogens is 230 g/mol. The van der Waals surface area contributed by atoms with Gasteiger partial charge in [0, 0.05) is 12.1 Å². The molecule has 1 amide bonds. The van der Waals surface area contributed by atoms with Crippen LogP contribution in [0.25, 0.3) is 0 Å². The van der Waals surface area contributed by atoms with Gasteiger partial charge in [0.05, 0.1) is 5.92 Å². The van der Waals surface area contributed by atoms with E-state index in [0.717, 1.165) is 16.8 Å². The number of carboxylic acids is 1. The van der Waals surface area contributed by atoms with Gasteiger partial charge in [-0.1, -0.05) is 13.0 Å². The third kappa shape index (κ3) is 3.58. The van der Waals surface area contributed by atoms with Crippen LogP contribution in [0.4, 0.5) is 5.69 Å². The molecule has 0 aromatic heterocycles. The van der Waals surface area contributed by atoms with E-state index >= 15 is 0 Å². The molecular formula is C14H19NO3. The lowest BCUT2D eigenvalue weighted by Crippen LogP contribution is -2.20. The molecule has 0 aliphatic carbocycles. The van der Waals surface area contributed by atoms with Gasteiger partial charge in [0.15, 0.2) is 0 Å². The van der Waals surface area contributed by atoms with Crippen LogP contribution >= 0.6 is 0 Å². The lowest BCUT2D eigenvalue weighted by Gasteiger charge is -2.12. The first-order valence-corrected chi connectivity index (χ1v) is 5.91. The first-order valence-electron chi connectivity index (χ1n) is 5.91. The zero-order chi connectivity index (χ0) is 13.9. The number of nitrogens with one attached hydrogen (secondary N) is 1. The van der Waals surface area contributed by atoms with Crippen molar-refractivity contribution in [3.8, 4) is 0 Å². The van der Waals surface area contributed by atoms with E-state index in [-0.39, 0.29) is 12.3 Å². The molecule has 4 heteroatoms. The minimum absolute atomic E-state index is 0.0122. The molecule has 0 aliphatic heterocycles. The molecule has 0 fully saturated rings. The maximum absolute atomic E-state index is 11.7. The molecule has 0 aliphatic rings. The predicted octanol–water partition coefficient (Wildman–Crippen LogP) is 2.66. The average molecular weight is 249 g/mol. The largest absolute Gasteiger partial charge is 0.481 e. The number of carboxylic acid groups (broad SMARTS) is 1. The van der Waals surface area contributed by atoms with Gasteiger partial charge in [-0.2, -0.15) is 0 Å². The Morgan fingerprint density at radius 2 is 1.72 bits per heavy atom. The third-order valence-corrected chi connectivity index (χ3v) is 3.03. The van der Waals surface area contributed by atoms with E-state index in [0.29, 0.717) is 0 Å². The van der Waals surface area contributed by atoms with Crippen molar-refractivity contribution in [2.45, 2.75) is 34.1 Å². The molecule has 4 nitrogen and oxygen atoms in total. The number of amides is 1. The number of aryl methyl sites for hydroxylation is 3. The van der Waals surface area contributed by atoms with Crippen molar-refractivity contribution in [1.82, 2.24) is 0 Å². The molecule has 1 rings (SSSR count). The Labute approximate surface area is 107 Å². The zero-order valence-corrected chi connectivity index (χ0v) is 11.2. The van der Waals surface area contributed by atoms with E-state index in [9.17, 15) is 9.59 Å². The number of carbonyl (C=O) groups excluding carboxylic acids is 1. The maximum Gasteiger partial charge on any atom is 0.306 e. The van der Waals surface area contributed by atoms with Gasteiger partial charge in [0.2, 0.25) is 5.91 Å². The third-order valence-electron chi connectivity index (χ3n) is 3.03. The van der Waals surface area contributed by atoms with Crippen LogP contribution in [0.1, 0.15) is 30.0 Å². The van der Waals surface area contributed by atoms with Crippen LogP contribution in [0, 0.1) is 26.7 Å². The van der Waals surface area contributed by atoms with Crippen molar-refractivity contribution in [3.05, 3.63) is 28.8 Å². The standard InChI is InChI=1S/C14H19NO3/c1-8-5-10(3)12(6-9(8)2)15-13(16)7-11(4)14(17)18/h5-6,11H,7H2,1-4H3,(H,15,16)(H,17,18). The van der Waals surface area contributed by atoms with E-state index < -0.39 is 11.9 Å². The van der Waals surface area contributed by atoms with Gasteiger partial charge in [-0.05, 0) is 43.5 Å². The lowest BCUT2D eigenvalue weighted by molar-refractivity contribution is -0.142. The molecule has 0 spiro atoms. The molecule has 98 valence electrons. The molecule has 0 radical (unpaired) electrons. The van der Waals surface area contributed by atoms with Crippen LogP contribution < -0.4 is 5.32 Å². The van der Waals surface area contributed by atoms with Crippen molar-refractivity contribution in [2.24, 2.45) is 5.92 Å².